The number of anilines is 2. The highest BCUT2D eigenvalue weighted by Crippen LogP contribution is 2.30. The highest BCUT2D eigenvalue weighted by molar-refractivity contribution is 5.52. The summed E-state index contributed by atoms with van der Waals surface area (Å²) in [4.78, 5) is 16.0. The molecule has 4 heterocycles. The molecule has 3 aromatic heterocycles. The van der Waals surface area contributed by atoms with E-state index in [-0.39, 0.29) is 0 Å². The number of halogens is 3. The lowest BCUT2D eigenvalue weighted by atomic mass is 10.2. The van der Waals surface area contributed by atoms with E-state index in [1.807, 2.05) is 11.8 Å². The van der Waals surface area contributed by atoms with Gasteiger partial charge in [-0.25, -0.2) is 4.98 Å². The molecule has 1 fully saturated rings. The monoisotopic (exact) mass is 363 g/mol. The van der Waals surface area contributed by atoms with Gasteiger partial charge in [0.2, 0.25) is 0 Å². The van der Waals surface area contributed by atoms with E-state index in [0.29, 0.717) is 43.3 Å². The quantitative estimate of drug-likeness (QED) is 0.695. The first-order valence-electron chi connectivity index (χ1n) is 8.12. The number of piperazine rings is 1. The van der Waals surface area contributed by atoms with E-state index in [0.717, 1.165) is 11.9 Å². The molecule has 0 amide bonds. The maximum atomic E-state index is 12.9. The Kier molecular flexibility index (Phi) is 3.89. The van der Waals surface area contributed by atoms with Crippen LogP contribution in [0.3, 0.4) is 0 Å². The Morgan fingerprint density at radius 2 is 1.77 bits per heavy atom. The summed E-state index contributed by atoms with van der Waals surface area (Å²) < 4.78 is 40.3. The average Bonchev–Trinajstić information content (AvgIpc) is 3.01. The SMILES string of the molecule is Cc1nc2cncc(N3CCN(c4ccnc(C(F)(F)F)c4)CC3)n2n1. The smallest absolute Gasteiger partial charge is 0.368 e. The molecular weight excluding hydrogens is 347 g/mol. The molecule has 0 aliphatic carbocycles. The highest BCUT2D eigenvalue weighted by atomic mass is 19.4. The summed E-state index contributed by atoms with van der Waals surface area (Å²) >= 11 is 0. The van der Waals surface area contributed by atoms with Crippen LogP contribution in [-0.4, -0.2) is 50.7 Å². The van der Waals surface area contributed by atoms with Gasteiger partial charge >= 0.3 is 6.18 Å². The number of aromatic nitrogens is 5. The number of aryl methyl sites for hydroxylation is 1. The molecule has 26 heavy (non-hydrogen) atoms. The summed E-state index contributed by atoms with van der Waals surface area (Å²) in [6.07, 6.45) is 0.137. The minimum Gasteiger partial charge on any atom is -0.368 e. The molecule has 1 aliphatic rings. The van der Waals surface area contributed by atoms with Gasteiger partial charge in [-0.05, 0) is 19.1 Å². The second-order valence-corrected chi connectivity index (χ2v) is 6.07. The molecule has 0 spiro atoms. The predicted octanol–water partition coefficient (Wildman–Crippen LogP) is 2.17. The van der Waals surface area contributed by atoms with Crippen molar-refractivity contribution in [3.05, 3.63) is 42.2 Å². The van der Waals surface area contributed by atoms with E-state index >= 15 is 0 Å². The van der Waals surface area contributed by atoms with Crippen molar-refractivity contribution in [3.8, 4) is 0 Å². The molecule has 0 unspecified atom stereocenters. The van der Waals surface area contributed by atoms with E-state index < -0.39 is 11.9 Å². The van der Waals surface area contributed by atoms with Crippen LogP contribution in [0.2, 0.25) is 0 Å². The van der Waals surface area contributed by atoms with Crippen LogP contribution >= 0.6 is 0 Å². The van der Waals surface area contributed by atoms with Gasteiger partial charge in [-0.1, -0.05) is 0 Å². The minimum atomic E-state index is -4.44. The maximum Gasteiger partial charge on any atom is 0.433 e. The second-order valence-electron chi connectivity index (χ2n) is 6.07. The van der Waals surface area contributed by atoms with Crippen LogP contribution in [0.25, 0.3) is 5.65 Å². The van der Waals surface area contributed by atoms with Gasteiger partial charge in [-0.15, -0.1) is 5.10 Å². The van der Waals surface area contributed by atoms with E-state index in [4.69, 9.17) is 0 Å². The van der Waals surface area contributed by atoms with Crippen molar-refractivity contribution < 1.29 is 13.2 Å². The Morgan fingerprint density at radius 1 is 1.04 bits per heavy atom. The summed E-state index contributed by atoms with van der Waals surface area (Å²) in [7, 11) is 0. The summed E-state index contributed by atoms with van der Waals surface area (Å²) in [5.41, 5.74) is 0.329. The zero-order valence-corrected chi connectivity index (χ0v) is 14.0. The van der Waals surface area contributed by atoms with Crippen molar-refractivity contribution in [2.45, 2.75) is 13.1 Å². The molecule has 1 aliphatic heterocycles. The largest absolute Gasteiger partial charge is 0.433 e. The average molecular weight is 363 g/mol. The number of fused-ring (bicyclic) bond motifs is 1. The van der Waals surface area contributed by atoms with E-state index in [9.17, 15) is 13.2 Å². The van der Waals surface area contributed by atoms with Gasteiger partial charge in [-0.2, -0.15) is 17.7 Å². The summed E-state index contributed by atoms with van der Waals surface area (Å²) in [6, 6.07) is 2.70. The third-order valence-electron chi connectivity index (χ3n) is 4.34. The first kappa shape index (κ1) is 16.6. The Labute approximate surface area is 147 Å². The standard InChI is InChI=1S/C16H16F3N7/c1-11-22-14-9-20-10-15(26(14)23-11)25-6-4-24(5-7-25)12-2-3-21-13(8-12)16(17,18)19/h2-3,8-10H,4-7H2,1H3. The zero-order valence-electron chi connectivity index (χ0n) is 14.0. The molecule has 0 bridgehead atoms. The second kappa shape index (κ2) is 6.11. The molecule has 1 saturated heterocycles. The van der Waals surface area contributed by atoms with Gasteiger partial charge in [-0.3, -0.25) is 9.97 Å². The Morgan fingerprint density at radius 3 is 2.50 bits per heavy atom. The third-order valence-corrected chi connectivity index (χ3v) is 4.34. The van der Waals surface area contributed by atoms with E-state index in [2.05, 4.69) is 25.0 Å². The predicted molar refractivity (Wildman–Crippen MR) is 89.2 cm³/mol. The van der Waals surface area contributed by atoms with Crippen LogP contribution in [-0.2, 0) is 6.18 Å². The van der Waals surface area contributed by atoms with Crippen LogP contribution in [0, 0.1) is 6.92 Å². The molecule has 7 nitrogen and oxygen atoms in total. The van der Waals surface area contributed by atoms with Crippen LogP contribution in [0.1, 0.15) is 11.5 Å². The Bertz CT molecular complexity index is 929. The van der Waals surface area contributed by atoms with Crippen LogP contribution < -0.4 is 9.80 Å². The Hall–Kier alpha value is -2.91. The number of nitrogens with zero attached hydrogens (tertiary/aromatic N) is 7. The molecule has 136 valence electrons. The fourth-order valence-corrected chi connectivity index (χ4v) is 3.09. The number of hydrogen-bond donors (Lipinski definition) is 0. The van der Waals surface area contributed by atoms with Crippen LogP contribution in [0.5, 0.6) is 0 Å². The third kappa shape index (κ3) is 3.02. The highest BCUT2D eigenvalue weighted by Gasteiger charge is 2.33. The fraction of sp³-hybridized carbons (Fsp3) is 0.375. The topological polar surface area (TPSA) is 62.5 Å². The first-order valence-corrected chi connectivity index (χ1v) is 8.12. The van der Waals surface area contributed by atoms with Crippen molar-refractivity contribution >= 4 is 17.2 Å². The number of hydrogen-bond acceptors (Lipinski definition) is 6. The van der Waals surface area contributed by atoms with Crippen molar-refractivity contribution in [2.75, 3.05) is 36.0 Å². The zero-order chi connectivity index (χ0) is 18.3. The lowest BCUT2D eigenvalue weighted by molar-refractivity contribution is -0.141. The molecule has 0 saturated carbocycles. The van der Waals surface area contributed by atoms with Gasteiger partial charge in [0.1, 0.15) is 11.5 Å². The van der Waals surface area contributed by atoms with Gasteiger partial charge in [0, 0.05) is 38.1 Å². The summed E-state index contributed by atoms with van der Waals surface area (Å²) in [5.74, 6) is 1.49. The van der Waals surface area contributed by atoms with Crippen molar-refractivity contribution in [1.29, 1.82) is 0 Å². The Balaban J connectivity index is 1.52. The van der Waals surface area contributed by atoms with Crippen LogP contribution in [0.15, 0.2) is 30.7 Å². The summed E-state index contributed by atoms with van der Waals surface area (Å²) in [6.45, 7) is 4.28. The lowest BCUT2D eigenvalue weighted by Crippen LogP contribution is -2.47. The summed E-state index contributed by atoms with van der Waals surface area (Å²) in [5, 5.41) is 4.38. The lowest BCUT2D eigenvalue weighted by Gasteiger charge is -2.37. The number of pyridine rings is 1. The molecule has 4 rings (SSSR count). The van der Waals surface area contributed by atoms with Gasteiger partial charge < -0.3 is 9.80 Å². The van der Waals surface area contributed by atoms with Crippen LogP contribution in [0.4, 0.5) is 24.7 Å². The number of alkyl halides is 3. The fourth-order valence-electron chi connectivity index (χ4n) is 3.09. The molecule has 10 heteroatoms. The van der Waals surface area contributed by atoms with E-state index in [1.165, 1.54) is 6.20 Å². The molecule has 0 radical (unpaired) electrons. The minimum absolute atomic E-state index is 0.528. The normalized spacial score (nSPS) is 15.7. The van der Waals surface area contributed by atoms with Crippen molar-refractivity contribution in [3.63, 3.8) is 0 Å². The first-order chi connectivity index (χ1) is 12.4. The molecule has 3 aromatic rings. The molecule has 0 atom stereocenters. The van der Waals surface area contributed by atoms with Gasteiger partial charge in [0.25, 0.3) is 0 Å². The van der Waals surface area contributed by atoms with E-state index in [1.54, 1.807) is 23.0 Å². The van der Waals surface area contributed by atoms with Crippen molar-refractivity contribution in [1.82, 2.24) is 24.6 Å². The molecular formula is C16H16F3N7. The maximum absolute atomic E-state index is 12.9. The van der Waals surface area contributed by atoms with Crippen molar-refractivity contribution in [2.24, 2.45) is 0 Å². The molecule has 0 aromatic carbocycles. The number of rotatable bonds is 2. The van der Waals surface area contributed by atoms with Gasteiger partial charge in [0.05, 0.1) is 12.4 Å². The van der Waals surface area contributed by atoms with Gasteiger partial charge in [0.15, 0.2) is 11.5 Å². The molecule has 0 N–H and O–H groups in total.